The standard InChI is InChI=1S/12C8H17.O4Si.4Sn/c12*1-3-5-7-8-6-4-2;1-5(2,3)4;;;;/h12*1,3-8H2,2H3;;;;;/q;;;;;;;;;;;;-4;4*+1. The summed E-state index contributed by atoms with van der Waals surface area (Å²) in [4.78, 5) is 0. The molecule has 0 saturated carbocycles. The van der Waals surface area contributed by atoms with E-state index < -0.39 is 84.2 Å². The van der Waals surface area contributed by atoms with Crippen LogP contribution in [0.1, 0.15) is 545 Å². The Bertz CT molecular complexity index is 1270. The molecule has 105 heavy (non-hydrogen) atoms. The van der Waals surface area contributed by atoms with Gasteiger partial charge in [0.1, 0.15) is 0 Å². The molecule has 0 aromatic carbocycles. The predicted molar refractivity (Wildman–Crippen MR) is 491 cm³/mol. The first-order chi connectivity index (χ1) is 51.6. The van der Waals surface area contributed by atoms with Crippen LogP contribution in [0.2, 0.25) is 53.2 Å². The Morgan fingerprint density at radius 1 is 0.114 bits per heavy atom. The van der Waals surface area contributed by atoms with Crippen molar-refractivity contribution in [2.75, 3.05) is 0 Å². The molecule has 0 spiro atoms. The van der Waals surface area contributed by atoms with Crippen molar-refractivity contribution in [1.29, 1.82) is 0 Å². The topological polar surface area (TPSA) is 36.9 Å². The van der Waals surface area contributed by atoms with Gasteiger partial charge in [0.25, 0.3) is 0 Å². The second kappa shape index (κ2) is 82.4. The fraction of sp³-hybridized carbons (Fsp3) is 1.00. The summed E-state index contributed by atoms with van der Waals surface area (Å²) in [6.45, 7) is 29.2. The van der Waals surface area contributed by atoms with Crippen LogP contribution in [0.15, 0.2) is 0 Å². The van der Waals surface area contributed by atoms with E-state index in [-0.39, 0.29) is 0 Å². The monoisotopic (exact) mass is 1930 g/mol. The van der Waals surface area contributed by atoms with E-state index in [0.717, 1.165) is 0 Å². The maximum absolute atomic E-state index is 9.85. The minimum absolute atomic E-state index is 1.33. The Kier molecular flexibility index (Phi) is 84.9. The molecule has 9 heteroatoms. The normalized spacial score (nSPS) is 12.7. The van der Waals surface area contributed by atoms with E-state index >= 15 is 0 Å². The number of hydrogen-bond acceptors (Lipinski definition) is 4. The third kappa shape index (κ3) is 64.9. The van der Waals surface area contributed by atoms with E-state index in [4.69, 9.17) is 0 Å². The average Bonchev–Trinajstić information content (AvgIpc) is 0.755. The Morgan fingerprint density at radius 3 is 0.276 bits per heavy atom. The van der Waals surface area contributed by atoms with Crippen molar-refractivity contribution in [3.05, 3.63) is 0 Å². The molecule has 0 aromatic heterocycles. The van der Waals surface area contributed by atoms with Gasteiger partial charge >= 0.3 is 694 Å². The van der Waals surface area contributed by atoms with Crippen LogP contribution >= 0.6 is 0 Å². The molecule has 0 aliphatic heterocycles. The van der Waals surface area contributed by atoms with Crippen molar-refractivity contribution in [1.82, 2.24) is 0 Å². The molecule has 0 atom stereocenters. The molecule has 0 rings (SSSR count). The van der Waals surface area contributed by atoms with Crippen molar-refractivity contribution in [3.63, 3.8) is 0 Å². The summed E-state index contributed by atoms with van der Waals surface area (Å²) in [6.07, 6.45) is 100. The van der Waals surface area contributed by atoms with Crippen LogP contribution in [0, 0.1) is 0 Å². The summed E-state index contributed by atoms with van der Waals surface area (Å²) in [5.41, 5.74) is 0. The van der Waals surface area contributed by atoms with Gasteiger partial charge < -0.3 is 0 Å². The van der Waals surface area contributed by atoms with Gasteiger partial charge in [-0.3, -0.25) is 0 Å². The molecule has 0 aromatic rings. The maximum atomic E-state index is 9.85. The quantitative estimate of drug-likeness (QED) is 0.0449. The third-order valence-electron chi connectivity index (χ3n) is 25.2. The number of rotatable bonds is 92. The number of hydrogen-bond donors (Lipinski definition) is 0. The predicted octanol–water partition coefficient (Wildman–Crippen LogP) is 37.6. The van der Waals surface area contributed by atoms with Gasteiger partial charge in [-0.25, -0.2) is 0 Å². The van der Waals surface area contributed by atoms with E-state index in [1.807, 2.05) is 0 Å². The molecule has 0 aliphatic rings. The van der Waals surface area contributed by atoms with Crippen LogP contribution in [0.3, 0.4) is 0 Å². The molecule has 0 saturated heterocycles. The van der Waals surface area contributed by atoms with E-state index in [0.29, 0.717) is 0 Å². The van der Waals surface area contributed by atoms with Gasteiger partial charge in [0.15, 0.2) is 0 Å². The van der Waals surface area contributed by atoms with E-state index in [9.17, 15) is 11.1 Å². The second-order valence-electron chi connectivity index (χ2n) is 35.9. The minimum atomic E-state index is -3.94. The van der Waals surface area contributed by atoms with Gasteiger partial charge in [-0.05, 0) is 0 Å². The first-order valence-corrected chi connectivity index (χ1v) is 80.9. The first kappa shape index (κ1) is 108. The van der Waals surface area contributed by atoms with Gasteiger partial charge in [0.2, 0.25) is 0 Å². The van der Waals surface area contributed by atoms with Crippen LogP contribution in [-0.2, 0) is 11.1 Å². The second-order valence-corrected chi connectivity index (χ2v) is 88.8. The summed E-state index contributed by atoms with van der Waals surface area (Å²) in [7, 11) is -3.94. The summed E-state index contributed by atoms with van der Waals surface area (Å²) in [5, 5.41) is 0. The molecule has 0 aliphatic carbocycles. The van der Waals surface area contributed by atoms with Crippen LogP contribution in [0.4, 0.5) is 0 Å². The Hall–Kier alpha value is 3.25. The molecule has 0 unspecified atom stereocenters. The van der Waals surface area contributed by atoms with Crippen molar-refractivity contribution < 1.29 is 11.1 Å². The molecular formula is C96H204O4SiSn4. The Balaban J connectivity index is 10.5. The summed E-state index contributed by atoms with van der Waals surface area (Å²) >= 11 is -15.3. The van der Waals surface area contributed by atoms with Gasteiger partial charge in [-0.1, -0.05) is 0 Å². The van der Waals surface area contributed by atoms with Crippen LogP contribution in [0.5, 0.6) is 0 Å². The first-order valence-electron chi connectivity index (χ1n) is 50.4. The van der Waals surface area contributed by atoms with Crippen molar-refractivity contribution in [2.45, 2.75) is 599 Å². The van der Waals surface area contributed by atoms with Crippen LogP contribution in [0.25, 0.3) is 0 Å². The van der Waals surface area contributed by atoms with E-state index in [2.05, 4.69) is 83.1 Å². The fourth-order valence-corrected chi connectivity index (χ4v) is 106. The summed E-state index contributed by atoms with van der Waals surface area (Å²) < 4.78 is 56.3. The number of unbranched alkanes of at least 4 members (excludes halogenated alkanes) is 60. The molecule has 4 nitrogen and oxygen atoms in total. The van der Waals surface area contributed by atoms with Crippen LogP contribution in [-0.4, -0.2) is 84.2 Å². The molecule has 0 fully saturated rings. The molecule has 632 valence electrons. The van der Waals surface area contributed by atoms with E-state index in [1.165, 1.54) is 516 Å². The molecule has 0 bridgehead atoms. The molecule has 0 heterocycles. The molecule has 0 radical (unpaired) electrons. The molecule has 0 amide bonds. The molecule has 0 N–H and O–H groups in total. The zero-order valence-electron chi connectivity index (χ0n) is 75.5. The van der Waals surface area contributed by atoms with Crippen molar-refractivity contribution in [3.8, 4) is 0 Å². The third-order valence-corrected chi connectivity index (χ3v) is 94.6. The summed E-state index contributed by atoms with van der Waals surface area (Å²) in [5.74, 6) is 0. The summed E-state index contributed by atoms with van der Waals surface area (Å²) in [6, 6.07) is 0. The van der Waals surface area contributed by atoms with Crippen molar-refractivity contribution in [2.24, 2.45) is 0 Å². The van der Waals surface area contributed by atoms with Gasteiger partial charge in [-0.2, -0.15) is 0 Å². The Morgan fingerprint density at radius 2 is 0.190 bits per heavy atom. The zero-order chi connectivity index (χ0) is 76.7. The van der Waals surface area contributed by atoms with Crippen molar-refractivity contribution >= 4 is 84.2 Å². The van der Waals surface area contributed by atoms with Gasteiger partial charge in [0, 0.05) is 0 Å². The average molecular weight is 1930 g/mol. The fourth-order valence-electron chi connectivity index (χ4n) is 18.0. The Labute approximate surface area is 686 Å². The molecular weight excluding hydrogens is 1720 g/mol. The zero-order valence-corrected chi connectivity index (χ0v) is 87.9. The SMILES string of the molecule is CCCCCCC[CH2][Sn]([CH2]CCCCCCC)([CH2]CCCCCCC)[O][Si]([O][Sn]([CH2]CCCCCCC)([CH2]CCCCCCC)[CH2]CCCCCCC)([O][Sn]([CH2]CCCCCCC)([CH2]CCCCCCC)[CH2]CCCCCCC)[O][Sn]([CH2]CCCCCCC)([CH2]CCCCCCC)[CH2]CCCCCCC. The van der Waals surface area contributed by atoms with E-state index in [1.54, 1.807) is 0 Å². The van der Waals surface area contributed by atoms with Gasteiger partial charge in [0.05, 0.1) is 0 Å². The van der Waals surface area contributed by atoms with Crippen LogP contribution < -0.4 is 0 Å². The van der Waals surface area contributed by atoms with Gasteiger partial charge in [-0.15, -0.1) is 0 Å².